The number of nitriles is 1. The molecule has 176 valence electrons. The molecule has 0 spiro atoms. The van der Waals surface area contributed by atoms with E-state index in [9.17, 15) is 0 Å². The highest BCUT2D eigenvalue weighted by Gasteiger charge is 2.22. The molecule has 1 aliphatic carbocycles. The third-order valence-electron chi connectivity index (χ3n) is 6.59. The number of anilines is 3. The summed E-state index contributed by atoms with van der Waals surface area (Å²) in [7, 11) is 0. The van der Waals surface area contributed by atoms with Crippen molar-refractivity contribution in [3.8, 4) is 17.2 Å². The molecule has 34 heavy (non-hydrogen) atoms. The minimum Gasteiger partial charge on any atom is -0.381 e. The molecule has 2 aromatic heterocycles. The Hall–Kier alpha value is -3.48. The Morgan fingerprint density at radius 3 is 2.68 bits per heavy atom. The maximum atomic E-state index is 9.03. The zero-order valence-electron chi connectivity index (χ0n) is 19.2. The topological polar surface area (TPSA) is 127 Å². The van der Waals surface area contributed by atoms with E-state index in [1.54, 1.807) is 12.1 Å². The van der Waals surface area contributed by atoms with Gasteiger partial charge in [0.05, 0.1) is 23.9 Å². The monoisotopic (exact) mass is 458 g/mol. The predicted molar refractivity (Wildman–Crippen MR) is 131 cm³/mol. The summed E-state index contributed by atoms with van der Waals surface area (Å²) in [6.45, 7) is 1.54. The first-order chi connectivity index (χ1) is 16.7. The van der Waals surface area contributed by atoms with E-state index in [4.69, 9.17) is 20.7 Å². The highest BCUT2D eigenvalue weighted by Crippen LogP contribution is 2.31. The van der Waals surface area contributed by atoms with Crippen LogP contribution in [-0.4, -0.2) is 45.0 Å². The number of benzene rings is 1. The van der Waals surface area contributed by atoms with Crippen molar-refractivity contribution in [2.45, 2.75) is 56.7 Å². The lowest BCUT2D eigenvalue weighted by molar-refractivity contribution is 0.0662. The van der Waals surface area contributed by atoms with Gasteiger partial charge in [-0.3, -0.25) is 4.68 Å². The molecule has 0 amide bonds. The van der Waals surface area contributed by atoms with E-state index in [0.717, 1.165) is 74.4 Å². The van der Waals surface area contributed by atoms with E-state index < -0.39 is 0 Å². The number of ether oxygens (including phenoxy) is 1. The zero-order chi connectivity index (χ0) is 23.3. The second kappa shape index (κ2) is 10.2. The quantitative estimate of drug-likeness (QED) is 0.506. The number of nitrogens with zero attached hydrogens (tertiary/aromatic N) is 5. The lowest BCUT2D eigenvalue weighted by Gasteiger charge is -2.28. The molecule has 5 rings (SSSR count). The van der Waals surface area contributed by atoms with E-state index in [1.165, 1.54) is 0 Å². The molecule has 0 bridgehead atoms. The second-order valence-electron chi connectivity index (χ2n) is 9.09. The van der Waals surface area contributed by atoms with Gasteiger partial charge in [-0.1, -0.05) is 0 Å². The van der Waals surface area contributed by atoms with Crippen LogP contribution in [-0.2, 0) is 4.74 Å². The molecule has 1 saturated carbocycles. The van der Waals surface area contributed by atoms with Crippen molar-refractivity contribution in [3.63, 3.8) is 0 Å². The summed E-state index contributed by atoms with van der Waals surface area (Å²) >= 11 is 0. The molecular weight excluding hydrogens is 428 g/mol. The fraction of sp³-hybridized carbons (Fsp3) is 0.440. The van der Waals surface area contributed by atoms with Crippen molar-refractivity contribution in [1.82, 2.24) is 19.7 Å². The lowest BCUT2D eigenvalue weighted by atomic mass is 9.91. The molecule has 1 aromatic carbocycles. The molecule has 1 saturated heterocycles. The molecule has 2 atom stereocenters. The number of aromatic nitrogens is 4. The Morgan fingerprint density at radius 2 is 1.91 bits per heavy atom. The van der Waals surface area contributed by atoms with Crippen LogP contribution in [0.2, 0.25) is 0 Å². The Bertz CT molecular complexity index is 1150. The molecule has 3 heterocycles. The van der Waals surface area contributed by atoms with Crippen LogP contribution in [0, 0.1) is 11.3 Å². The fourth-order valence-corrected chi connectivity index (χ4v) is 4.70. The number of hydrogen-bond donors (Lipinski definition) is 3. The highest BCUT2D eigenvalue weighted by atomic mass is 16.5. The van der Waals surface area contributed by atoms with Crippen LogP contribution < -0.4 is 16.4 Å². The zero-order valence-corrected chi connectivity index (χ0v) is 19.2. The normalized spacial score (nSPS) is 21.1. The first-order valence-electron chi connectivity index (χ1n) is 12.0. The van der Waals surface area contributed by atoms with Crippen LogP contribution in [0.5, 0.6) is 0 Å². The standard InChI is InChI=1S/C25H30N8O/c26-13-17-4-6-20(7-5-17)31-25-28-15-23(24(32-25)30-21-3-1-2-19(27)12-21)18-14-29-33(16-18)22-8-10-34-11-9-22/h4-7,14-16,19,21-22H,1-3,8-12,27H2,(H2,28,30,31,32). The average molecular weight is 459 g/mol. The van der Waals surface area contributed by atoms with Gasteiger partial charge in [-0.2, -0.15) is 15.3 Å². The van der Waals surface area contributed by atoms with Gasteiger partial charge in [0, 0.05) is 54.5 Å². The first kappa shape index (κ1) is 22.3. The van der Waals surface area contributed by atoms with Crippen molar-refractivity contribution in [1.29, 1.82) is 5.26 Å². The van der Waals surface area contributed by atoms with Gasteiger partial charge in [-0.05, 0) is 62.8 Å². The van der Waals surface area contributed by atoms with E-state index in [2.05, 4.69) is 33.0 Å². The van der Waals surface area contributed by atoms with Crippen LogP contribution in [0.25, 0.3) is 11.1 Å². The van der Waals surface area contributed by atoms with Crippen molar-refractivity contribution in [3.05, 3.63) is 48.4 Å². The second-order valence-corrected chi connectivity index (χ2v) is 9.09. The minimum atomic E-state index is 0.212. The summed E-state index contributed by atoms with van der Waals surface area (Å²) in [5.74, 6) is 1.27. The Kier molecular flexibility index (Phi) is 6.70. The molecular formula is C25H30N8O. The highest BCUT2D eigenvalue weighted by molar-refractivity contribution is 5.75. The summed E-state index contributed by atoms with van der Waals surface area (Å²) in [6.07, 6.45) is 11.9. The molecule has 2 fully saturated rings. The average Bonchev–Trinajstić information content (AvgIpc) is 3.35. The van der Waals surface area contributed by atoms with Crippen LogP contribution >= 0.6 is 0 Å². The van der Waals surface area contributed by atoms with Crippen molar-refractivity contribution in [2.75, 3.05) is 23.8 Å². The number of nitrogens with one attached hydrogen (secondary N) is 2. The van der Waals surface area contributed by atoms with Gasteiger partial charge >= 0.3 is 0 Å². The lowest BCUT2D eigenvalue weighted by Crippen LogP contribution is -2.35. The van der Waals surface area contributed by atoms with Gasteiger partial charge in [0.1, 0.15) is 5.82 Å². The van der Waals surface area contributed by atoms with Crippen LogP contribution in [0.3, 0.4) is 0 Å². The summed E-state index contributed by atoms with van der Waals surface area (Å²) < 4.78 is 7.54. The van der Waals surface area contributed by atoms with E-state index in [-0.39, 0.29) is 12.1 Å². The summed E-state index contributed by atoms with van der Waals surface area (Å²) in [4.78, 5) is 9.41. The van der Waals surface area contributed by atoms with E-state index in [1.807, 2.05) is 29.2 Å². The van der Waals surface area contributed by atoms with Crippen LogP contribution in [0.4, 0.5) is 17.5 Å². The molecule has 9 heteroatoms. The molecule has 9 nitrogen and oxygen atoms in total. The van der Waals surface area contributed by atoms with Crippen molar-refractivity contribution in [2.24, 2.45) is 5.73 Å². The largest absolute Gasteiger partial charge is 0.381 e. The molecule has 3 aromatic rings. The first-order valence-corrected chi connectivity index (χ1v) is 12.0. The maximum absolute atomic E-state index is 9.03. The van der Waals surface area contributed by atoms with Gasteiger partial charge in [-0.25, -0.2) is 4.98 Å². The summed E-state index contributed by atoms with van der Waals surface area (Å²) in [6, 6.07) is 10.2. The van der Waals surface area contributed by atoms with Crippen LogP contribution in [0.1, 0.15) is 50.1 Å². The molecule has 2 unspecified atom stereocenters. The van der Waals surface area contributed by atoms with Gasteiger partial charge in [0.15, 0.2) is 0 Å². The fourth-order valence-electron chi connectivity index (χ4n) is 4.70. The number of rotatable bonds is 6. The number of nitrogens with two attached hydrogens (primary N) is 1. The SMILES string of the molecule is N#Cc1ccc(Nc2ncc(-c3cnn(C4CCOCC4)c3)c(NC3CCCC(N)C3)n2)cc1. The van der Waals surface area contributed by atoms with Gasteiger partial charge in [0.25, 0.3) is 0 Å². The van der Waals surface area contributed by atoms with Crippen molar-refractivity contribution >= 4 is 17.5 Å². The Labute approximate surface area is 199 Å². The third kappa shape index (κ3) is 5.19. The summed E-state index contributed by atoms with van der Waals surface area (Å²) in [5.41, 5.74) is 9.58. The predicted octanol–water partition coefficient (Wildman–Crippen LogP) is 3.99. The Balaban J connectivity index is 1.42. The number of hydrogen-bond acceptors (Lipinski definition) is 8. The maximum Gasteiger partial charge on any atom is 0.229 e. The van der Waals surface area contributed by atoms with E-state index in [0.29, 0.717) is 17.6 Å². The molecule has 0 radical (unpaired) electrons. The smallest absolute Gasteiger partial charge is 0.229 e. The minimum absolute atomic E-state index is 0.212. The third-order valence-corrected chi connectivity index (χ3v) is 6.59. The molecule has 4 N–H and O–H groups in total. The summed E-state index contributed by atoms with van der Waals surface area (Å²) in [5, 5.41) is 20.6. The van der Waals surface area contributed by atoms with Crippen molar-refractivity contribution < 1.29 is 4.74 Å². The van der Waals surface area contributed by atoms with E-state index >= 15 is 0 Å². The van der Waals surface area contributed by atoms with Gasteiger partial charge in [0.2, 0.25) is 5.95 Å². The van der Waals surface area contributed by atoms with Gasteiger partial charge in [-0.15, -0.1) is 0 Å². The van der Waals surface area contributed by atoms with Gasteiger partial charge < -0.3 is 21.1 Å². The Morgan fingerprint density at radius 1 is 1.09 bits per heavy atom. The molecule has 2 aliphatic rings. The molecule has 1 aliphatic heterocycles. The van der Waals surface area contributed by atoms with Crippen LogP contribution in [0.15, 0.2) is 42.9 Å².